The molecular weight excluding hydrogens is 452 g/mol. The Bertz CT molecular complexity index is 911. The highest BCUT2D eigenvalue weighted by atomic mass is 79.9. The van der Waals surface area contributed by atoms with Crippen molar-refractivity contribution < 1.29 is 9.59 Å². The first-order valence-electron chi connectivity index (χ1n) is 11.4. The van der Waals surface area contributed by atoms with Gasteiger partial charge in [-0.3, -0.25) is 9.59 Å². The van der Waals surface area contributed by atoms with Crippen LogP contribution >= 0.6 is 15.9 Å². The van der Waals surface area contributed by atoms with Gasteiger partial charge in [-0.25, -0.2) is 0 Å². The van der Waals surface area contributed by atoms with E-state index in [1.54, 1.807) is 0 Å². The minimum atomic E-state index is 0.0181. The third kappa shape index (κ3) is 5.38. The number of halogens is 1. The topological polar surface area (TPSA) is 40.6 Å². The summed E-state index contributed by atoms with van der Waals surface area (Å²) < 4.78 is 0.965. The first-order chi connectivity index (χ1) is 14.9. The third-order valence-corrected chi connectivity index (χ3v) is 7.02. The first kappa shape index (κ1) is 22.1. The first-order valence-corrected chi connectivity index (χ1v) is 12.2. The molecule has 1 heterocycles. The standard InChI is InChI=1S/C26H31BrN2O2/c1-18(2)20-5-3-19(4-6-20)17-29(24-11-12-24)26(31)22-13-15-28(16-14-22)25(30)21-7-9-23(27)10-8-21/h3-10,18,22,24H,11-17H2,1-2H3. The van der Waals surface area contributed by atoms with Crippen LogP contribution in [0.4, 0.5) is 0 Å². The second-order valence-electron chi connectivity index (χ2n) is 9.17. The van der Waals surface area contributed by atoms with Crippen LogP contribution in [-0.2, 0) is 11.3 Å². The molecule has 0 N–H and O–H groups in total. The van der Waals surface area contributed by atoms with Crippen LogP contribution < -0.4 is 0 Å². The summed E-state index contributed by atoms with van der Waals surface area (Å²) in [5.41, 5.74) is 3.24. The molecule has 2 aliphatic rings. The minimum Gasteiger partial charge on any atom is -0.339 e. The molecule has 2 aromatic rings. The lowest BCUT2D eigenvalue weighted by molar-refractivity contribution is -0.138. The van der Waals surface area contributed by atoms with E-state index >= 15 is 0 Å². The molecule has 1 saturated heterocycles. The highest BCUT2D eigenvalue weighted by Crippen LogP contribution is 2.32. The summed E-state index contributed by atoms with van der Waals surface area (Å²) in [5, 5.41) is 0. The molecule has 0 unspecified atom stereocenters. The number of rotatable bonds is 6. The van der Waals surface area contributed by atoms with Crippen LogP contribution in [0, 0.1) is 5.92 Å². The lowest BCUT2D eigenvalue weighted by Crippen LogP contribution is -2.44. The summed E-state index contributed by atoms with van der Waals surface area (Å²) in [4.78, 5) is 30.1. The van der Waals surface area contributed by atoms with Crippen molar-refractivity contribution in [1.29, 1.82) is 0 Å². The van der Waals surface area contributed by atoms with Crippen LogP contribution in [0.2, 0.25) is 0 Å². The molecule has 31 heavy (non-hydrogen) atoms. The van der Waals surface area contributed by atoms with Crippen molar-refractivity contribution >= 4 is 27.7 Å². The van der Waals surface area contributed by atoms with Gasteiger partial charge in [-0.15, -0.1) is 0 Å². The van der Waals surface area contributed by atoms with E-state index in [0.29, 0.717) is 37.2 Å². The summed E-state index contributed by atoms with van der Waals surface area (Å²) in [6.45, 7) is 6.38. The summed E-state index contributed by atoms with van der Waals surface area (Å²) >= 11 is 3.41. The fraction of sp³-hybridized carbons (Fsp3) is 0.462. The number of nitrogens with zero attached hydrogens (tertiary/aromatic N) is 2. The molecule has 0 aromatic heterocycles. The molecule has 5 heteroatoms. The summed E-state index contributed by atoms with van der Waals surface area (Å²) in [5.74, 6) is 0.860. The second-order valence-corrected chi connectivity index (χ2v) is 10.1. The van der Waals surface area contributed by atoms with E-state index in [9.17, 15) is 9.59 Å². The maximum Gasteiger partial charge on any atom is 0.253 e. The number of hydrogen-bond donors (Lipinski definition) is 0. The molecule has 2 aromatic carbocycles. The Morgan fingerprint density at radius 2 is 1.58 bits per heavy atom. The number of likely N-dealkylation sites (tertiary alicyclic amines) is 1. The highest BCUT2D eigenvalue weighted by molar-refractivity contribution is 9.10. The number of piperidine rings is 1. The maximum atomic E-state index is 13.4. The van der Waals surface area contributed by atoms with Crippen LogP contribution in [0.3, 0.4) is 0 Å². The lowest BCUT2D eigenvalue weighted by Gasteiger charge is -2.34. The van der Waals surface area contributed by atoms with Crippen molar-refractivity contribution in [1.82, 2.24) is 9.80 Å². The Labute approximate surface area is 193 Å². The van der Waals surface area contributed by atoms with Gasteiger partial charge in [0, 0.05) is 41.6 Å². The highest BCUT2D eigenvalue weighted by Gasteiger charge is 2.37. The Kier molecular flexibility index (Phi) is 6.80. The van der Waals surface area contributed by atoms with E-state index < -0.39 is 0 Å². The average molecular weight is 483 g/mol. The van der Waals surface area contributed by atoms with Crippen molar-refractivity contribution in [3.63, 3.8) is 0 Å². The zero-order valence-corrected chi connectivity index (χ0v) is 20.0. The van der Waals surface area contributed by atoms with Crippen LogP contribution in [0.5, 0.6) is 0 Å². The van der Waals surface area contributed by atoms with E-state index in [4.69, 9.17) is 0 Å². The molecule has 164 valence electrons. The van der Waals surface area contributed by atoms with Gasteiger partial charge in [0.05, 0.1) is 0 Å². The van der Waals surface area contributed by atoms with E-state index in [-0.39, 0.29) is 17.7 Å². The normalized spacial score (nSPS) is 17.1. The van der Waals surface area contributed by atoms with Crippen molar-refractivity contribution in [2.24, 2.45) is 5.92 Å². The molecule has 1 aliphatic carbocycles. The average Bonchev–Trinajstić information content (AvgIpc) is 3.63. The predicted molar refractivity (Wildman–Crippen MR) is 127 cm³/mol. The van der Waals surface area contributed by atoms with Crippen molar-refractivity contribution in [3.8, 4) is 0 Å². The molecule has 2 fully saturated rings. The van der Waals surface area contributed by atoms with Gasteiger partial charge < -0.3 is 9.80 Å². The molecule has 0 atom stereocenters. The Morgan fingerprint density at radius 1 is 0.968 bits per heavy atom. The zero-order chi connectivity index (χ0) is 22.0. The van der Waals surface area contributed by atoms with E-state index in [1.165, 1.54) is 11.1 Å². The Hall–Kier alpha value is -2.14. The van der Waals surface area contributed by atoms with Gasteiger partial charge in [0.25, 0.3) is 5.91 Å². The molecule has 2 amide bonds. The van der Waals surface area contributed by atoms with Gasteiger partial charge in [0.2, 0.25) is 5.91 Å². The number of carbonyl (C=O) groups excluding carboxylic acids is 2. The van der Waals surface area contributed by atoms with E-state index in [2.05, 4.69) is 58.9 Å². The molecule has 1 saturated carbocycles. The van der Waals surface area contributed by atoms with Crippen molar-refractivity contribution in [2.75, 3.05) is 13.1 Å². The SMILES string of the molecule is CC(C)c1ccc(CN(C(=O)C2CCN(C(=O)c3ccc(Br)cc3)CC2)C2CC2)cc1. The zero-order valence-electron chi connectivity index (χ0n) is 18.4. The van der Waals surface area contributed by atoms with Gasteiger partial charge in [-0.2, -0.15) is 0 Å². The number of hydrogen-bond acceptors (Lipinski definition) is 2. The summed E-state index contributed by atoms with van der Waals surface area (Å²) in [6, 6.07) is 16.6. The van der Waals surface area contributed by atoms with Crippen LogP contribution in [-0.4, -0.2) is 40.7 Å². The largest absolute Gasteiger partial charge is 0.339 e. The van der Waals surface area contributed by atoms with Gasteiger partial charge in [0.1, 0.15) is 0 Å². The molecule has 0 spiro atoms. The fourth-order valence-electron chi connectivity index (χ4n) is 4.32. The van der Waals surface area contributed by atoms with Gasteiger partial charge in [-0.1, -0.05) is 54.0 Å². The molecule has 4 nitrogen and oxygen atoms in total. The van der Waals surface area contributed by atoms with E-state index in [0.717, 1.165) is 30.2 Å². The van der Waals surface area contributed by atoms with Crippen molar-refractivity contribution in [3.05, 3.63) is 69.7 Å². The lowest BCUT2D eigenvalue weighted by atomic mass is 9.94. The Balaban J connectivity index is 1.36. The Morgan fingerprint density at radius 3 is 2.13 bits per heavy atom. The maximum absolute atomic E-state index is 13.4. The predicted octanol–water partition coefficient (Wildman–Crippen LogP) is 5.62. The van der Waals surface area contributed by atoms with Gasteiger partial charge >= 0.3 is 0 Å². The van der Waals surface area contributed by atoms with E-state index in [1.807, 2.05) is 29.2 Å². The second kappa shape index (κ2) is 9.56. The third-order valence-electron chi connectivity index (χ3n) is 6.49. The van der Waals surface area contributed by atoms with Crippen LogP contribution in [0.25, 0.3) is 0 Å². The number of amides is 2. The molecule has 1 aliphatic heterocycles. The van der Waals surface area contributed by atoms with Crippen molar-refractivity contribution in [2.45, 2.75) is 58.0 Å². The monoisotopic (exact) mass is 482 g/mol. The summed E-state index contributed by atoms with van der Waals surface area (Å²) in [6.07, 6.45) is 3.71. The molecule has 0 bridgehead atoms. The molecule has 0 radical (unpaired) electrons. The van der Waals surface area contributed by atoms with Gasteiger partial charge in [0.15, 0.2) is 0 Å². The number of carbonyl (C=O) groups is 2. The smallest absolute Gasteiger partial charge is 0.253 e. The number of benzene rings is 2. The molecular formula is C26H31BrN2O2. The van der Waals surface area contributed by atoms with Crippen LogP contribution in [0.15, 0.2) is 53.0 Å². The summed E-state index contributed by atoms with van der Waals surface area (Å²) in [7, 11) is 0. The van der Waals surface area contributed by atoms with Gasteiger partial charge in [-0.05, 0) is 67.0 Å². The quantitative estimate of drug-likeness (QED) is 0.536. The fourth-order valence-corrected chi connectivity index (χ4v) is 4.58. The van der Waals surface area contributed by atoms with Crippen LogP contribution in [0.1, 0.15) is 66.9 Å². The minimum absolute atomic E-state index is 0.0181. The molecule has 4 rings (SSSR count).